The lowest BCUT2D eigenvalue weighted by Crippen LogP contribution is -2.20. The number of hydrogen-bond acceptors (Lipinski definition) is 6. The van der Waals surface area contributed by atoms with Crippen LogP contribution in [0.2, 0.25) is 0 Å². The first-order valence-corrected chi connectivity index (χ1v) is 10.7. The number of nitrogens with one attached hydrogen (secondary N) is 2. The summed E-state index contributed by atoms with van der Waals surface area (Å²) in [6, 6.07) is 10.9. The van der Waals surface area contributed by atoms with Crippen molar-refractivity contribution < 1.29 is 9.53 Å². The Morgan fingerprint density at radius 1 is 1.12 bits per heavy atom. The van der Waals surface area contributed by atoms with Crippen LogP contribution in [0.15, 0.2) is 53.6 Å². The van der Waals surface area contributed by atoms with Gasteiger partial charge in [-0.3, -0.25) is 9.59 Å². The molecule has 2 N–H and O–H groups in total. The lowest BCUT2D eigenvalue weighted by Gasteiger charge is -2.10. The highest BCUT2D eigenvalue weighted by Gasteiger charge is 2.25. The number of hydrogen-bond donors (Lipinski definition) is 2. The smallest absolute Gasteiger partial charge is 0.274 e. The van der Waals surface area contributed by atoms with Crippen molar-refractivity contribution in [2.24, 2.45) is 14.1 Å². The SMILES string of the molecule is CC(=O)Nc1cc(Oc2ccc3nc(Nc4cc(C5CC5)cn(C)c4=O)n(C)c3c2)ccn1. The highest BCUT2D eigenvalue weighted by molar-refractivity contribution is 5.87. The molecule has 9 heteroatoms. The molecule has 0 radical (unpaired) electrons. The number of carbonyl (C=O) groups excluding carboxylic acids is 1. The van der Waals surface area contributed by atoms with Crippen LogP contribution < -0.4 is 20.9 Å². The van der Waals surface area contributed by atoms with E-state index < -0.39 is 0 Å². The van der Waals surface area contributed by atoms with Crippen molar-refractivity contribution in [3.63, 3.8) is 0 Å². The first kappa shape index (κ1) is 20.7. The number of anilines is 3. The Morgan fingerprint density at radius 3 is 2.67 bits per heavy atom. The number of fused-ring (bicyclic) bond motifs is 1. The molecular weight excluding hydrogens is 420 g/mol. The number of aromatic nitrogens is 4. The molecule has 5 rings (SSSR count). The van der Waals surface area contributed by atoms with Gasteiger partial charge in [0.2, 0.25) is 11.9 Å². The van der Waals surface area contributed by atoms with Gasteiger partial charge >= 0.3 is 0 Å². The van der Waals surface area contributed by atoms with E-state index in [0.717, 1.165) is 23.9 Å². The average molecular weight is 444 g/mol. The Labute approximate surface area is 190 Å². The van der Waals surface area contributed by atoms with Gasteiger partial charge in [-0.05, 0) is 48.6 Å². The van der Waals surface area contributed by atoms with E-state index in [1.807, 2.05) is 42.1 Å². The molecule has 1 aromatic carbocycles. The first-order valence-electron chi connectivity index (χ1n) is 10.7. The van der Waals surface area contributed by atoms with E-state index in [4.69, 9.17) is 4.74 Å². The maximum atomic E-state index is 12.7. The third kappa shape index (κ3) is 4.30. The molecule has 9 nitrogen and oxygen atoms in total. The van der Waals surface area contributed by atoms with Gasteiger partial charge in [0.25, 0.3) is 5.56 Å². The van der Waals surface area contributed by atoms with Gasteiger partial charge in [0, 0.05) is 45.5 Å². The molecule has 168 valence electrons. The van der Waals surface area contributed by atoms with Crippen molar-refractivity contribution in [1.82, 2.24) is 19.1 Å². The van der Waals surface area contributed by atoms with Crippen molar-refractivity contribution in [2.45, 2.75) is 25.7 Å². The second-order valence-corrected chi connectivity index (χ2v) is 8.31. The predicted octanol–water partition coefficient (Wildman–Crippen LogP) is 4.04. The number of nitrogens with zero attached hydrogens (tertiary/aromatic N) is 4. The third-order valence-electron chi connectivity index (χ3n) is 5.62. The molecule has 0 spiro atoms. The molecule has 1 aliphatic rings. The zero-order chi connectivity index (χ0) is 23.1. The molecule has 3 heterocycles. The third-order valence-corrected chi connectivity index (χ3v) is 5.62. The summed E-state index contributed by atoms with van der Waals surface area (Å²) in [7, 11) is 3.66. The molecule has 0 aliphatic heterocycles. The second-order valence-electron chi connectivity index (χ2n) is 8.31. The quantitative estimate of drug-likeness (QED) is 0.465. The van der Waals surface area contributed by atoms with Crippen LogP contribution in [0, 0.1) is 0 Å². The normalized spacial score (nSPS) is 13.2. The van der Waals surface area contributed by atoms with Crippen LogP contribution in [0.4, 0.5) is 17.5 Å². The Hall–Kier alpha value is -4.14. The van der Waals surface area contributed by atoms with Gasteiger partial charge in [-0.25, -0.2) is 9.97 Å². The minimum Gasteiger partial charge on any atom is -0.457 e. The molecule has 4 aromatic rings. The molecule has 1 aliphatic carbocycles. The summed E-state index contributed by atoms with van der Waals surface area (Å²) in [6.07, 6.45) is 5.81. The van der Waals surface area contributed by atoms with Gasteiger partial charge in [0.05, 0.1) is 11.0 Å². The molecule has 0 atom stereocenters. The van der Waals surface area contributed by atoms with Crippen molar-refractivity contribution in [3.05, 3.63) is 64.7 Å². The number of pyridine rings is 2. The van der Waals surface area contributed by atoms with Gasteiger partial charge in [-0.1, -0.05) is 0 Å². The van der Waals surface area contributed by atoms with Gasteiger partial charge < -0.3 is 24.5 Å². The number of aryl methyl sites for hydroxylation is 2. The highest BCUT2D eigenvalue weighted by Crippen LogP contribution is 2.40. The highest BCUT2D eigenvalue weighted by atomic mass is 16.5. The fourth-order valence-electron chi connectivity index (χ4n) is 3.79. The van der Waals surface area contributed by atoms with Crippen LogP contribution in [0.1, 0.15) is 31.2 Å². The summed E-state index contributed by atoms with van der Waals surface area (Å²) in [6.45, 7) is 1.43. The van der Waals surface area contributed by atoms with Crippen LogP contribution in [0.3, 0.4) is 0 Å². The zero-order valence-electron chi connectivity index (χ0n) is 18.6. The Kier molecular flexibility index (Phi) is 5.08. The maximum absolute atomic E-state index is 12.7. The van der Waals surface area contributed by atoms with Crippen molar-refractivity contribution in [1.29, 1.82) is 0 Å². The minimum absolute atomic E-state index is 0.0943. The number of ether oxygens (including phenoxy) is 1. The molecule has 0 saturated heterocycles. The van der Waals surface area contributed by atoms with Crippen molar-refractivity contribution in [2.75, 3.05) is 10.6 Å². The lowest BCUT2D eigenvalue weighted by molar-refractivity contribution is -0.114. The number of benzene rings is 1. The van der Waals surface area contributed by atoms with Gasteiger partial charge in [0.15, 0.2) is 0 Å². The summed E-state index contributed by atoms with van der Waals surface area (Å²) < 4.78 is 9.48. The zero-order valence-corrected chi connectivity index (χ0v) is 18.6. The number of imidazole rings is 1. The van der Waals surface area contributed by atoms with Gasteiger partial charge in [0.1, 0.15) is 23.0 Å². The molecule has 33 heavy (non-hydrogen) atoms. The van der Waals surface area contributed by atoms with Crippen LogP contribution in [-0.2, 0) is 18.9 Å². The molecular formula is C24H24N6O3. The molecule has 3 aromatic heterocycles. The summed E-state index contributed by atoms with van der Waals surface area (Å²) in [4.78, 5) is 32.7. The van der Waals surface area contributed by atoms with E-state index in [-0.39, 0.29) is 11.5 Å². The van der Waals surface area contributed by atoms with Crippen LogP contribution in [-0.4, -0.2) is 25.0 Å². The molecule has 1 fully saturated rings. The van der Waals surface area contributed by atoms with E-state index in [2.05, 4.69) is 20.6 Å². The minimum atomic E-state index is -0.200. The van der Waals surface area contributed by atoms with Crippen LogP contribution in [0.25, 0.3) is 11.0 Å². The number of carbonyl (C=O) groups is 1. The summed E-state index contributed by atoms with van der Waals surface area (Å²) in [5, 5.41) is 5.86. The number of rotatable bonds is 6. The van der Waals surface area contributed by atoms with Gasteiger partial charge in [-0.15, -0.1) is 0 Å². The van der Waals surface area contributed by atoms with Crippen LogP contribution >= 0.6 is 0 Å². The molecule has 1 amide bonds. The van der Waals surface area contributed by atoms with E-state index in [0.29, 0.717) is 34.9 Å². The standard InChI is InChI=1S/C24H24N6O3/c1-14(31)26-22-12-18(8-9-25-22)33-17-6-7-19-21(11-17)30(3)24(27-19)28-20-10-16(15-4-5-15)13-29(2)23(20)32/h6-13,15H,4-5H2,1-3H3,(H,27,28)(H,25,26,31). The summed E-state index contributed by atoms with van der Waals surface area (Å²) in [5.41, 5.74) is 3.21. The predicted molar refractivity (Wildman–Crippen MR) is 126 cm³/mol. The molecule has 1 saturated carbocycles. The second kappa shape index (κ2) is 8.09. The van der Waals surface area contributed by atoms with E-state index in [1.54, 1.807) is 29.9 Å². The number of amides is 1. The fourth-order valence-corrected chi connectivity index (χ4v) is 3.79. The Balaban J connectivity index is 1.43. The van der Waals surface area contributed by atoms with E-state index >= 15 is 0 Å². The van der Waals surface area contributed by atoms with Crippen molar-refractivity contribution in [3.8, 4) is 11.5 Å². The summed E-state index contributed by atoms with van der Waals surface area (Å²) in [5.74, 6) is 2.50. The fraction of sp³-hybridized carbons (Fsp3) is 0.250. The summed E-state index contributed by atoms with van der Waals surface area (Å²) >= 11 is 0. The molecule has 0 unspecified atom stereocenters. The largest absolute Gasteiger partial charge is 0.457 e. The van der Waals surface area contributed by atoms with E-state index in [9.17, 15) is 9.59 Å². The topological polar surface area (TPSA) is 103 Å². The maximum Gasteiger partial charge on any atom is 0.274 e. The monoisotopic (exact) mass is 444 g/mol. The molecule has 0 bridgehead atoms. The van der Waals surface area contributed by atoms with Gasteiger partial charge in [-0.2, -0.15) is 0 Å². The Morgan fingerprint density at radius 2 is 1.91 bits per heavy atom. The van der Waals surface area contributed by atoms with E-state index in [1.165, 1.54) is 12.5 Å². The lowest BCUT2D eigenvalue weighted by atomic mass is 10.2. The Bertz CT molecular complexity index is 1430. The first-order chi connectivity index (χ1) is 15.9. The average Bonchev–Trinajstić information content (AvgIpc) is 3.57. The van der Waals surface area contributed by atoms with Crippen molar-refractivity contribution >= 4 is 34.4 Å². The van der Waals surface area contributed by atoms with Crippen LogP contribution in [0.5, 0.6) is 11.5 Å².